The Kier molecular flexibility index (Phi) is 3.38. The summed E-state index contributed by atoms with van der Waals surface area (Å²) in [7, 11) is 0. The third-order valence-corrected chi connectivity index (χ3v) is 8.76. The zero-order valence-electron chi connectivity index (χ0n) is 10.7. The molecule has 2 atom stereocenters. The van der Waals surface area contributed by atoms with Gasteiger partial charge in [-0.2, -0.15) is 0 Å². The molecule has 1 aliphatic heterocycles. The molecule has 0 spiro atoms. The molecule has 108 valence electrons. The number of hydrogen-bond donors (Lipinski definition) is 1. The molecule has 2 aliphatic rings. The monoisotopic (exact) mass is 498 g/mol. The van der Waals surface area contributed by atoms with Crippen molar-refractivity contribution in [1.82, 2.24) is 3.53 Å². The minimum atomic E-state index is -0.449. The van der Waals surface area contributed by atoms with Gasteiger partial charge in [-0.05, 0) is 0 Å². The molecule has 1 N–H and O–H groups in total. The number of nitrogens with one attached hydrogen (secondary N) is 1. The van der Waals surface area contributed by atoms with E-state index in [0.717, 1.165) is 42.4 Å². The van der Waals surface area contributed by atoms with Gasteiger partial charge in [-0.3, -0.25) is 0 Å². The molecular weight excluding hydrogens is 484 g/mol. The second-order valence-electron chi connectivity index (χ2n) is 5.40. The molecule has 6 heteroatoms. The van der Waals surface area contributed by atoms with Crippen LogP contribution in [-0.4, -0.2) is 13.9 Å². The van der Waals surface area contributed by atoms with E-state index in [4.69, 9.17) is 9.15 Å². The molecule has 1 aliphatic carbocycles. The average molecular weight is 498 g/mol. The van der Waals surface area contributed by atoms with Gasteiger partial charge in [0.25, 0.3) is 0 Å². The quantitative estimate of drug-likeness (QED) is 0.160. The van der Waals surface area contributed by atoms with E-state index in [0.29, 0.717) is 4.05 Å². The van der Waals surface area contributed by atoms with Gasteiger partial charge in [-0.25, -0.2) is 0 Å². The summed E-state index contributed by atoms with van der Waals surface area (Å²) in [6.45, 7) is 0. The van der Waals surface area contributed by atoms with Crippen LogP contribution in [0.15, 0.2) is 22.6 Å². The molecule has 2 bridgehead atoms. The van der Waals surface area contributed by atoms with Crippen molar-refractivity contribution >= 4 is 39.7 Å². The number of hydrogen-bond acceptors (Lipinski definition) is 4. The molecule has 0 amide bonds. The van der Waals surface area contributed by atoms with Gasteiger partial charge < -0.3 is 0 Å². The van der Waals surface area contributed by atoms with Crippen molar-refractivity contribution in [1.29, 1.82) is 0 Å². The van der Waals surface area contributed by atoms with E-state index in [1.54, 1.807) is 0 Å². The van der Waals surface area contributed by atoms with Crippen molar-refractivity contribution < 1.29 is 35.4 Å². The number of alkyl halides is 2. The van der Waals surface area contributed by atoms with Crippen LogP contribution in [0.4, 0.5) is 0 Å². The summed E-state index contributed by atoms with van der Waals surface area (Å²) < 4.78 is 15.3. The first-order chi connectivity index (χ1) is 9.68. The first-order valence-electron chi connectivity index (χ1n) is 6.75. The van der Waals surface area contributed by atoms with Crippen LogP contribution in [0.25, 0.3) is 11.2 Å². The van der Waals surface area contributed by atoms with Gasteiger partial charge in [-0.15, -0.1) is 0 Å². The zero-order chi connectivity index (χ0) is 13.7. The fourth-order valence-corrected chi connectivity index (χ4v) is 6.12. The molecule has 1 saturated carbocycles. The molecule has 0 aromatic carbocycles. The number of halogens is 2. The third kappa shape index (κ3) is 2.23. The Labute approximate surface area is 141 Å². The van der Waals surface area contributed by atoms with Gasteiger partial charge in [0.1, 0.15) is 0 Å². The Morgan fingerprint density at radius 1 is 1.50 bits per heavy atom. The van der Waals surface area contributed by atoms with E-state index in [2.05, 4.69) is 26.1 Å². The summed E-state index contributed by atoms with van der Waals surface area (Å²) in [6.07, 6.45) is 4.04. The molecule has 20 heavy (non-hydrogen) atoms. The number of fused-ring (bicyclic) bond motifs is 2. The van der Waals surface area contributed by atoms with E-state index in [1.165, 1.54) is 0 Å². The van der Waals surface area contributed by atoms with Crippen molar-refractivity contribution in [3.63, 3.8) is 0 Å². The van der Waals surface area contributed by atoms with Gasteiger partial charge >= 0.3 is 142 Å². The molecule has 2 unspecified atom stereocenters. The number of carbonyl (C=O) groups is 1. The van der Waals surface area contributed by atoms with Crippen LogP contribution in [0.1, 0.15) is 31.2 Å². The second kappa shape index (κ2) is 4.98. The normalized spacial score (nSPS) is 26.4. The first kappa shape index (κ1) is 13.6. The molecule has 2 aromatic rings. The summed E-state index contributed by atoms with van der Waals surface area (Å²) in [4.78, 5) is 12.4. The Morgan fingerprint density at radius 3 is 2.80 bits per heavy atom. The van der Waals surface area contributed by atoms with Gasteiger partial charge in [0.05, 0.1) is 0 Å². The SMILES string of the molecule is O=C(OC1(c2cc3ccc2o3)CCCC1)C(I)C1N[I-]1. The van der Waals surface area contributed by atoms with Gasteiger partial charge in [0, 0.05) is 0 Å². The molecule has 0 radical (unpaired) electrons. The van der Waals surface area contributed by atoms with Crippen molar-refractivity contribution in [2.45, 2.75) is 39.3 Å². The summed E-state index contributed by atoms with van der Waals surface area (Å²) in [6, 6.07) is 5.98. The molecular formula is C14H14I2NO3-. The number of furan rings is 2. The third-order valence-electron chi connectivity index (χ3n) is 4.09. The van der Waals surface area contributed by atoms with E-state index < -0.39 is 5.60 Å². The van der Waals surface area contributed by atoms with Crippen LogP contribution in [0.5, 0.6) is 0 Å². The molecule has 4 nitrogen and oxygen atoms in total. The van der Waals surface area contributed by atoms with Crippen LogP contribution < -0.4 is 25.0 Å². The molecule has 2 fully saturated rings. The van der Waals surface area contributed by atoms with Crippen LogP contribution in [0, 0.1) is 0 Å². The van der Waals surface area contributed by atoms with E-state index in [9.17, 15) is 4.79 Å². The predicted molar refractivity (Wildman–Crippen MR) is 78.4 cm³/mol. The van der Waals surface area contributed by atoms with Crippen molar-refractivity contribution in [3.05, 3.63) is 23.8 Å². The average Bonchev–Trinajstić information content (AvgIpc) is 2.88. The Morgan fingerprint density at radius 2 is 2.25 bits per heavy atom. The fourth-order valence-electron chi connectivity index (χ4n) is 3.03. The summed E-state index contributed by atoms with van der Waals surface area (Å²) in [5.41, 5.74) is 2.37. The maximum atomic E-state index is 12.4. The first-order valence-corrected chi connectivity index (χ1v) is 10.3. The number of benzene rings is 1. The summed E-state index contributed by atoms with van der Waals surface area (Å²) in [5.74, 6) is -0.0690. The Balaban J connectivity index is 1.63. The minimum absolute atomic E-state index is 0.0298. The van der Waals surface area contributed by atoms with Gasteiger partial charge in [0.15, 0.2) is 0 Å². The van der Waals surface area contributed by atoms with Crippen molar-refractivity contribution in [2.24, 2.45) is 0 Å². The van der Waals surface area contributed by atoms with E-state index in [-0.39, 0.29) is 31.4 Å². The summed E-state index contributed by atoms with van der Waals surface area (Å²) in [5, 5.41) is 0. The van der Waals surface area contributed by atoms with Crippen LogP contribution >= 0.6 is 22.6 Å². The number of rotatable bonds is 4. The molecule has 1 saturated heterocycles. The summed E-state index contributed by atoms with van der Waals surface area (Å²) >= 11 is 2.24. The van der Waals surface area contributed by atoms with E-state index in [1.807, 2.05) is 18.2 Å². The van der Waals surface area contributed by atoms with Crippen LogP contribution in [-0.2, 0) is 15.1 Å². The Bertz CT molecular complexity index is 631. The van der Waals surface area contributed by atoms with Gasteiger partial charge in [-0.1, -0.05) is 0 Å². The molecule has 3 heterocycles. The topological polar surface area (TPSA) is 61.4 Å². The predicted octanol–water partition coefficient (Wildman–Crippen LogP) is -0.0800. The Hall–Kier alpha value is -0.0900. The maximum absolute atomic E-state index is 12.4. The molecule has 4 rings (SSSR count). The fraction of sp³-hybridized carbons (Fsp3) is 0.500. The van der Waals surface area contributed by atoms with Crippen LogP contribution in [0.3, 0.4) is 0 Å². The molecule has 2 aromatic heterocycles. The second-order valence-corrected chi connectivity index (χ2v) is 9.33. The zero-order valence-corrected chi connectivity index (χ0v) is 15.0. The van der Waals surface area contributed by atoms with E-state index >= 15 is 0 Å². The number of carbonyl (C=O) groups excluding carboxylic acids is 1. The number of esters is 1. The number of ether oxygens (including phenoxy) is 1. The van der Waals surface area contributed by atoms with Crippen LogP contribution in [0.2, 0.25) is 0 Å². The standard InChI is InChI=1S/C14H14I2NO3/c15-11(12-16-17-12)13(18)20-14(5-1-2-6-14)9-7-8-3-4-10(9)19-8/h3-4,7,11-12,17H,1-2,5-6H2/q-1. The van der Waals surface area contributed by atoms with Crippen molar-refractivity contribution in [3.8, 4) is 0 Å². The van der Waals surface area contributed by atoms with Crippen molar-refractivity contribution in [2.75, 3.05) is 0 Å². The van der Waals surface area contributed by atoms with Gasteiger partial charge in [0.2, 0.25) is 0 Å².